The Morgan fingerprint density at radius 2 is 0.587 bits per heavy atom. The van der Waals surface area contributed by atoms with Gasteiger partial charge in [0.15, 0.2) is 0 Å². The Morgan fingerprint density at radius 3 is 0.968 bits per heavy atom. The van der Waals surface area contributed by atoms with Gasteiger partial charge < -0.3 is 4.90 Å². The minimum absolute atomic E-state index is 0.463. The van der Waals surface area contributed by atoms with Crippen LogP contribution in [0.25, 0.3) is 66.8 Å². The molecule has 0 amide bonds. The van der Waals surface area contributed by atoms with Gasteiger partial charge in [-0.1, -0.05) is 154 Å². The first kappa shape index (κ1) is 38.9. The molecule has 2 aliphatic rings. The molecular weight excluding hydrogens is 767 g/mol. The second kappa shape index (κ2) is 17.4. The molecule has 0 unspecified atom stereocenters. The van der Waals surface area contributed by atoms with E-state index in [4.69, 9.17) is 19.9 Å². The van der Waals surface area contributed by atoms with Gasteiger partial charge in [-0.2, -0.15) is 0 Å². The van der Waals surface area contributed by atoms with Crippen molar-refractivity contribution in [3.63, 3.8) is 0 Å². The molecule has 0 bridgehead atoms. The Bertz CT molecular complexity index is 2800. The molecule has 0 saturated heterocycles. The van der Waals surface area contributed by atoms with Gasteiger partial charge in [-0.3, -0.25) is 0 Å². The lowest BCUT2D eigenvalue weighted by molar-refractivity contribution is 0.437. The Balaban J connectivity index is 0.854. The predicted molar refractivity (Wildman–Crippen MR) is 261 cm³/mol. The first-order chi connectivity index (χ1) is 31.2. The standard InChI is InChI=1S/C58H51N5/c1-4-14-44(15-5-1)55-57(61-53-22-12-10-20-51(53)59-55)46-28-24-40(25-29-46)42-32-36-49(37-33-42)63(48-18-8-3-9-19-48)50-38-34-43(35-39-50)41-26-30-47(31-27-41)58-56(45-16-6-2-7-17-45)60-52-21-11-13-23-54(52)62-58/h3,8-13,18-39,44-45H,1-2,4-7,14-17H2. The normalized spacial score (nSPS) is 14.9. The summed E-state index contributed by atoms with van der Waals surface area (Å²) >= 11 is 0. The number of anilines is 3. The highest BCUT2D eigenvalue weighted by molar-refractivity contribution is 5.83. The Labute approximate surface area is 370 Å². The maximum Gasteiger partial charge on any atom is 0.0928 e. The molecule has 0 N–H and O–H groups in total. The van der Waals surface area contributed by atoms with Gasteiger partial charge in [0.25, 0.3) is 0 Å². The number of nitrogens with zero attached hydrogens (tertiary/aromatic N) is 5. The van der Waals surface area contributed by atoms with Crippen LogP contribution < -0.4 is 4.90 Å². The molecule has 0 spiro atoms. The number of rotatable bonds is 9. The highest BCUT2D eigenvalue weighted by Gasteiger charge is 2.24. The van der Waals surface area contributed by atoms with E-state index >= 15 is 0 Å². The Hall–Kier alpha value is -6.98. The minimum atomic E-state index is 0.463. The molecular formula is C58H51N5. The third-order valence-corrected chi connectivity index (χ3v) is 13.4. The van der Waals surface area contributed by atoms with Gasteiger partial charge in [0.1, 0.15) is 0 Å². The highest BCUT2D eigenvalue weighted by Crippen LogP contribution is 2.41. The van der Waals surface area contributed by atoms with Crippen molar-refractivity contribution in [2.75, 3.05) is 4.90 Å². The Kier molecular flexibility index (Phi) is 10.8. The van der Waals surface area contributed by atoms with Gasteiger partial charge in [-0.05, 0) is 109 Å². The van der Waals surface area contributed by atoms with Gasteiger partial charge >= 0.3 is 0 Å². The van der Waals surface area contributed by atoms with E-state index in [1.165, 1.54) is 86.5 Å². The number of aromatic nitrogens is 4. The van der Waals surface area contributed by atoms with E-state index < -0.39 is 0 Å². The summed E-state index contributed by atoms with van der Waals surface area (Å²) in [5.74, 6) is 0.926. The van der Waals surface area contributed by atoms with Crippen molar-refractivity contribution >= 4 is 39.1 Å². The summed E-state index contributed by atoms with van der Waals surface area (Å²) in [6.45, 7) is 0. The topological polar surface area (TPSA) is 54.8 Å². The van der Waals surface area contributed by atoms with E-state index in [1.54, 1.807) is 0 Å². The first-order valence-electron chi connectivity index (χ1n) is 23.0. The summed E-state index contributed by atoms with van der Waals surface area (Å²) in [6.07, 6.45) is 12.4. The number of hydrogen-bond donors (Lipinski definition) is 0. The summed E-state index contributed by atoms with van der Waals surface area (Å²) in [7, 11) is 0. The van der Waals surface area contributed by atoms with E-state index in [2.05, 4.69) is 181 Å². The van der Waals surface area contributed by atoms with Crippen molar-refractivity contribution in [2.45, 2.75) is 76.0 Å². The van der Waals surface area contributed by atoms with Crippen molar-refractivity contribution in [1.29, 1.82) is 0 Å². The van der Waals surface area contributed by atoms with Crippen molar-refractivity contribution in [1.82, 2.24) is 19.9 Å². The van der Waals surface area contributed by atoms with Crippen LogP contribution in [0.3, 0.4) is 0 Å². The van der Waals surface area contributed by atoms with Crippen LogP contribution >= 0.6 is 0 Å². The smallest absolute Gasteiger partial charge is 0.0928 e. The van der Waals surface area contributed by atoms with E-state index in [-0.39, 0.29) is 0 Å². The van der Waals surface area contributed by atoms with Crippen LogP contribution in [0.1, 0.15) is 87.4 Å². The number of para-hydroxylation sites is 5. The van der Waals surface area contributed by atoms with Crippen LogP contribution in [-0.4, -0.2) is 19.9 Å². The molecule has 2 saturated carbocycles. The largest absolute Gasteiger partial charge is 0.311 e. The van der Waals surface area contributed by atoms with Crippen LogP contribution in [0.2, 0.25) is 0 Å². The zero-order chi connectivity index (χ0) is 42.0. The first-order valence-corrected chi connectivity index (χ1v) is 23.0. The molecule has 0 radical (unpaired) electrons. The summed E-state index contributed by atoms with van der Waals surface area (Å²) in [6, 6.07) is 62.9. The Morgan fingerprint density at radius 1 is 0.286 bits per heavy atom. The van der Waals surface area contributed by atoms with E-state index in [0.29, 0.717) is 11.8 Å². The van der Waals surface area contributed by atoms with Gasteiger partial charge in [-0.25, -0.2) is 19.9 Å². The lowest BCUT2D eigenvalue weighted by Crippen LogP contribution is -2.10. The van der Waals surface area contributed by atoms with Gasteiger partial charge in [0.2, 0.25) is 0 Å². The van der Waals surface area contributed by atoms with Gasteiger partial charge in [0.05, 0.1) is 44.8 Å². The van der Waals surface area contributed by atoms with Crippen molar-refractivity contribution in [2.24, 2.45) is 0 Å². The van der Waals surface area contributed by atoms with Crippen LogP contribution in [0.15, 0.2) is 176 Å². The molecule has 63 heavy (non-hydrogen) atoms. The molecule has 2 aliphatic carbocycles. The molecule has 308 valence electrons. The molecule has 2 fully saturated rings. The lowest BCUT2D eigenvalue weighted by atomic mass is 9.85. The predicted octanol–water partition coefficient (Wildman–Crippen LogP) is 15.8. The molecule has 9 aromatic rings. The van der Waals surface area contributed by atoms with E-state index in [0.717, 1.165) is 73.0 Å². The SMILES string of the molecule is c1ccc(N(c2ccc(-c3ccc(-c4nc5ccccc5nc4C4CCCCC4)cc3)cc2)c2ccc(-c3ccc(-c4nc5ccccc5nc4C4CCCCC4)cc3)cc2)cc1. The second-order valence-corrected chi connectivity index (χ2v) is 17.5. The number of fused-ring (bicyclic) bond motifs is 2. The maximum atomic E-state index is 5.22. The zero-order valence-corrected chi connectivity index (χ0v) is 35.7. The summed E-state index contributed by atoms with van der Waals surface area (Å²) in [5, 5.41) is 0. The number of hydrogen-bond acceptors (Lipinski definition) is 5. The van der Waals surface area contributed by atoms with E-state index in [9.17, 15) is 0 Å². The van der Waals surface area contributed by atoms with Crippen LogP contribution in [0, 0.1) is 0 Å². The van der Waals surface area contributed by atoms with E-state index in [1.807, 2.05) is 0 Å². The highest BCUT2D eigenvalue weighted by atomic mass is 15.1. The second-order valence-electron chi connectivity index (χ2n) is 17.5. The fraction of sp³-hybridized carbons (Fsp3) is 0.207. The molecule has 0 aliphatic heterocycles. The van der Waals surface area contributed by atoms with Crippen LogP contribution in [0.5, 0.6) is 0 Å². The average molecular weight is 818 g/mol. The summed E-state index contributed by atoms with van der Waals surface area (Å²) < 4.78 is 0. The van der Waals surface area contributed by atoms with Crippen LogP contribution in [-0.2, 0) is 0 Å². The molecule has 11 rings (SSSR count). The minimum Gasteiger partial charge on any atom is -0.311 e. The zero-order valence-electron chi connectivity index (χ0n) is 35.7. The molecule has 2 aromatic heterocycles. The third-order valence-electron chi connectivity index (χ3n) is 13.4. The lowest BCUT2D eigenvalue weighted by Gasteiger charge is -2.26. The molecule has 5 nitrogen and oxygen atoms in total. The fourth-order valence-electron chi connectivity index (χ4n) is 10.0. The average Bonchev–Trinajstić information content (AvgIpc) is 3.37. The monoisotopic (exact) mass is 817 g/mol. The summed E-state index contributed by atoms with van der Waals surface area (Å²) in [4.78, 5) is 23.2. The molecule has 0 atom stereocenters. The fourth-order valence-corrected chi connectivity index (χ4v) is 10.0. The van der Waals surface area contributed by atoms with Gasteiger partial charge in [-0.15, -0.1) is 0 Å². The van der Waals surface area contributed by atoms with Crippen molar-refractivity contribution in [3.8, 4) is 44.8 Å². The molecule has 5 heteroatoms. The van der Waals surface area contributed by atoms with Crippen molar-refractivity contribution < 1.29 is 0 Å². The molecule has 7 aromatic carbocycles. The maximum absolute atomic E-state index is 5.22. The molecule has 2 heterocycles. The van der Waals surface area contributed by atoms with Crippen molar-refractivity contribution in [3.05, 3.63) is 187 Å². The number of benzene rings is 7. The third kappa shape index (κ3) is 8.00. The van der Waals surface area contributed by atoms with Crippen LogP contribution in [0.4, 0.5) is 17.1 Å². The quantitative estimate of drug-likeness (QED) is 0.145. The summed E-state index contributed by atoms with van der Waals surface area (Å²) in [5.41, 5.74) is 18.6. The van der Waals surface area contributed by atoms with Gasteiger partial charge in [0, 0.05) is 40.0 Å².